The van der Waals surface area contributed by atoms with E-state index in [1.165, 1.54) is 11.3 Å². The number of piperazine rings is 1. The van der Waals surface area contributed by atoms with Crippen LogP contribution in [0.3, 0.4) is 0 Å². The number of hydrogen-bond acceptors (Lipinski definition) is 5. The molecule has 0 amide bonds. The number of hydrogen-bond donors (Lipinski definition) is 2. The lowest BCUT2D eigenvalue weighted by Crippen LogP contribution is -2.46. The zero-order chi connectivity index (χ0) is 23.1. The Morgan fingerprint density at radius 1 is 1.15 bits per heavy atom. The molecule has 0 radical (unpaired) electrons. The summed E-state index contributed by atoms with van der Waals surface area (Å²) >= 11 is 0. The fourth-order valence-electron chi connectivity index (χ4n) is 4.18. The van der Waals surface area contributed by atoms with Gasteiger partial charge in [0.15, 0.2) is 5.96 Å². The van der Waals surface area contributed by atoms with Crippen molar-refractivity contribution in [1.29, 1.82) is 0 Å². The van der Waals surface area contributed by atoms with E-state index in [1.807, 2.05) is 17.9 Å². The molecule has 2 N–H and O–H groups in total. The number of aryl methyl sites for hydroxylation is 2. The molecule has 0 aromatic carbocycles. The van der Waals surface area contributed by atoms with Crippen LogP contribution in [0.25, 0.3) is 0 Å². The predicted molar refractivity (Wildman–Crippen MR) is 148 cm³/mol. The van der Waals surface area contributed by atoms with Gasteiger partial charge in [0.2, 0.25) is 0 Å². The average molecular weight is 569 g/mol. The molecule has 2 aromatic rings. The van der Waals surface area contributed by atoms with Gasteiger partial charge in [0.1, 0.15) is 5.82 Å². The van der Waals surface area contributed by atoms with Crippen LogP contribution in [-0.2, 0) is 20.0 Å². The van der Waals surface area contributed by atoms with Gasteiger partial charge in [-0.1, -0.05) is 13.0 Å². The highest BCUT2D eigenvalue weighted by molar-refractivity contribution is 14.0. The number of pyridine rings is 1. The van der Waals surface area contributed by atoms with Crippen molar-refractivity contribution in [2.75, 3.05) is 44.2 Å². The van der Waals surface area contributed by atoms with Crippen molar-refractivity contribution in [1.82, 2.24) is 30.3 Å². The van der Waals surface area contributed by atoms with Crippen LogP contribution < -0.4 is 15.5 Å². The number of anilines is 1. The molecule has 3 heterocycles. The van der Waals surface area contributed by atoms with E-state index >= 15 is 0 Å². The molecular weight excluding hydrogens is 527 g/mol. The molecule has 1 fully saturated rings. The van der Waals surface area contributed by atoms with Crippen molar-refractivity contribution in [2.45, 2.75) is 53.6 Å². The number of aliphatic imine (C=N–C) groups is 1. The zero-order valence-electron chi connectivity index (χ0n) is 21.1. The highest BCUT2D eigenvalue weighted by atomic mass is 127. The first-order valence-electron chi connectivity index (χ1n) is 11.9. The smallest absolute Gasteiger partial charge is 0.191 e. The topological polar surface area (TPSA) is 73.6 Å². The third kappa shape index (κ3) is 7.56. The molecule has 0 aliphatic carbocycles. The van der Waals surface area contributed by atoms with Gasteiger partial charge in [0, 0.05) is 57.7 Å². The Labute approximate surface area is 216 Å². The van der Waals surface area contributed by atoms with Crippen molar-refractivity contribution in [3.8, 4) is 0 Å². The predicted octanol–water partition coefficient (Wildman–Crippen LogP) is 2.88. The standard InChI is InChI=1S/C24H40N8.HI/c1-7-25-24(28-18(3)15-22-19(4)29-30(6)20(22)5)27-17-21-9-10-23(26-16-21)32-13-11-31(8-2)12-14-32;/h9-10,16,18H,7-8,11-15,17H2,1-6H3,(H2,25,27,28);1H. The monoisotopic (exact) mass is 568 g/mol. The van der Waals surface area contributed by atoms with Gasteiger partial charge < -0.3 is 20.4 Å². The second kappa shape index (κ2) is 13.1. The summed E-state index contributed by atoms with van der Waals surface area (Å²) in [7, 11) is 2.00. The van der Waals surface area contributed by atoms with E-state index in [1.54, 1.807) is 0 Å². The molecule has 1 aliphatic heterocycles. The molecule has 3 rings (SSSR count). The lowest BCUT2D eigenvalue weighted by Gasteiger charge is -2.34. The number of guanidine groups is 1. The molecule has 184 valence electrons. The number of aromatic nitrogens is 3. The third-order valence-corrected chi connectivity index (χ3v) is 6.27. The zero-order valence-corrected chi connectivity index (χ0v) is 23.4. The summed E-state index contributed by atoms with van der Waals surface area (Å²) in [5.41, 5.74) is 4.75. The summed E-state index contributed by atoms with van der Waals surface area (Å²) in [5, 5.41) is 11.4. The van der Waals surface area contributed by atoms with E-state index in [-0.39, 0.29) is 30.0 Å². The first-order chi connectivity index (χ1) is 15.4. The molecule has 8 nitrogen and oxygen atoms in total. The molecule has 33 heavy (non-hydrogen) atoms. The Balaban J connectivity index is 0.00000385. The van der Waals surface area contributed by atoms with Crippen molar-refractivity contribution in [2.24, 2.45) is 12.0 Å². The largest absolute Gasteiger partial charge is 0.357 e. The van der Waals surface area contributed by atoms with Gasteiger partial charge in [0.25, 0.3) is 0 Å². The van der Waals surface area contributed by atoms with Crippen LogP contribution in [0.1, 0.15) is 43.3 Å². The first-order valence-corrected chi connectivity index (χ1v) is 11.9. The number of nitrogens with one attached hydrogen (secondary N) is 2. The number of halogens is 1. The van der Waals surface area contributed by atoms with E-state index in [2.05, 4.69) is 72.3 Å². The summed E-state index contributed by atoms with van der Waals surface area (Å²) in [5.74, 6) is 1.90. The minimum absolute atomic E-state index is 0. The third-order valence-electron chi connectivity index (χ3n) is 6.27. The van der Waals surface area contributed by atoms with Crippen LogP contribution in [0.5, 0.6) is 0 Å². The second-order valence-corrected chi connectivity index (χ2v) is 8.66. The lowest BCUT2D eigenvalue weighted by molar-refractivity contribution is 0.270. The maximum atomic E-state index is 4.79. The van der Waals surface area contributed by atoms with Gasteiger partial charge in [0.05, 0.1) is 12.2 Å². The van der Waals surface area contributed by atoms with Crippen molar-refractivity contribution in [3.05, 3.63) is 40.8 Å². The number of likely N-dealkylation sites (N-methyl/N-ethyl adjacent to an activating group) is 1. The summed E-state index contributed by atoms with van der Waals surface area (Å²) in [6.45, 7) is 17.6. The van der Waals surface area contributed by atoms with E-state index in [0.717, 1.165) is 68.7 Å². The number of nitrogens with zero attached hydrogens (tertiary/aromatic N) is 6. The van der Waals surface area contributed by atoms with Crippen LogP contribution in [-0.4, -0.2) is 70.9 Å². The Morgan fingerprint density at radius 3 is 2.42 bits per heavy atom. The van der Waals surface area contributed by atoms with Gasteiger partial charge in [-0.2, -0.15) is 5.10 Å². The molecule has 0 spiro atoms. The first kappa shape index (κ1) is 27.4. The molecule has 1 atom stereocenters. The fraction of sp³-hybridized carbons (Fsp3) is 0.625. The molecule has 1 aliphatic rings. The van der Waals surface area contributed by atoms with Gasteiger partial charge in [-0.15, -0.1) is 24.0 Å². The lowest BCUT2D eigenvalue weighted by atomic mass is 10.1. The Morgan fingerprint density at radius 2 is 1.88 bits per heavy atom. The molecule has 1 unspecified atom stereocenters. The van der Waals surface area contributed by atoms with Gasteiger partial charge >= 0.3 is 0 Å². The highest BCUT2D eigenvalue weighted by Crippen LogP contribution is 2.15. The van der Waals surface area contributed by atoms with Crippen LogP contribution in [0.2, 0.25) is 0 Å². The molecular formula is C24H41IN8. The normalized spacial score (nSPS) is 15.8. The average Bonchev–Trinajstić information content (AvgIpc) is 3.04. The van der Waals surface area contributed by atoms with Crippen LogP contribution in [0.4, 0.5) is 5.82 Å². The van der Waals surface area contributed by atoms with Crippen molar-refractivity contribution >= 4 is 35.8 Å². The van der Waals surface area contributed by atoms with Crippen LogP contribution in [0, 0.1) is 13.8 Å². The van der Waals surface area contributed by atoms with Crippen LogP contribution >= 0.6 is 24.0 Å². The minimum Gasteiger partial charge on any atom is -0.357 e. The maximum absolute atomic E-state index is 4.79. The second-order valence-electron chi connectivity index (χ2n) is 8.66. The molecule has 2 aromatic heterocycles. The van der Waals surface area contributed by atoms with Gasteiger partial charge in [-0.3, -0.25) is 4.68 Å². The fourth-order valence-corrected chi connectivity index (χ4v) is 4.18. The molecule has 1 saturated heterocycles. The molecule has 0 saturated carbocycles. The Kier molecular flexibility index (Phi) is 10.9. The Bertz CT molecular complexity index is 885. The van der Waals surface area contributed by atoms with Gasteiger partial charge in [-0.05, 0) is 57.9 Å². The SMILES string of the molecule is CCNC(=NCc1ccc(N2CCN(CC)CC2)nc1)NC(C)Cc1c(C)nn(C)c1C.I. The van der Waals surface area contributed by atoms with Crippen molar-refractivity contribution in [3.63, 3.8) is 0 Å². The van der Waals surface area contributed by atoms with Crippen molar-refractivity contribution < 1.29 is 0 Å². The van der Waals surface area contributed by atoms with E-state index in [4.69, 9.17) is 9.98 Å². The maximum Gasteiger partial charge on any atom is 0.191 e. The highest BCUT2D eigenvalue weighted by Gasteiger charge is 2.17. The molecule has 9 heteroatoms. The van der Waals surface area contributed by atoms with Crippen LogP contribution in [0.15, 0.2) is 23.3 Å². The summed E-state index contributed by atoms with van der Waals surface area (Å²) < 4.78 is 1.96. The quantitative estimate of drug-likeness (QED) is 0.290. The Hall–Kier alpha value is -1.88. The molecule has 0 bridgehead atoms. The van der Waals surface area contributed by atoms with E-state index in [0.29, 0.717) is 6.54 Å². The number of rotatable bonds is 8. The summed E-state index contributed by atoms with van der Waals surface area (Å²) in [4.78, 5) is 14.3. The summed E-state index contributed by atoms with van der Waals surface area (Å²) in [6.07, 6.45) is 2.87. The summed E-state index contributed by atoms with van der Waals surface area (Å²) in [6, 6.07) is 4.52. The van der Waals surface area contributed by atoms with E-state index < -0.39 is 0 Å². The minimum atomic E-state index is 0. The van der Waals surface area contributed by atoms with Gasteiger partial charge in [-0.25, -0.2) is 9.98 Å². The van der Waals surface area contributed by atoms with E-state index in [9.17, 15) is 0 Å².